The Hall–Kier alpha value is -2.81. The summed E-state index contributed by atoms with van der Waals surface area (Å²) in [6.45, 7) is 9.40. The standard InChI is InChI=1S/C33H36IN5/c1-2-16-38-18-20-39(21-19-38)17-15-24-7-13-28(14-8-24)36-33-35-23-26-22-31(25-9-11-27(34)12-10-25)29-5-3-4-6-30(29)32(26)37-33/h3-14,23,31H,2,15-22H2,1H3,(H,35,36,37)/t31-/m1/s1. The van der Waals surface area contributed by atoms with E-state index in [4.69, 9.17) is 9.97 Å². The van der Waals surface area contributed by atoms with Gasteiger partial charge in [-0.25, -0.2) is 9.97 Å². The van der Waals surface area contributed by atoms with Gasteiger partial charge in [0.2, 0.25) is 5.95 Å². The normalized spacial score (nSPS) is 17.4. The van der Waals surface area contributed by atoms with Crippen molar-refractivity contribution in [3.05, 3.63) is 105 Å². The number of piperazine rings is 1. The van der Waals surface area contributed by atoms with E-state index >= 15 is 0 Å². The monoisotopic (exact) mass is 629 g/mol. The molecule has 3 aromatic carbocycles. The zero-order valence-corrected chi connectivity index (χ0v) is 24.8. The Labute approximate surface area is 245 Å². The van der Waals surface area contributed by atoms with Crippen LogP contribution < -0.4 is 5.32 Å². The quantitative estimate of drug-likeness (QED) is 0.219. The molecule has 0 amide bonds. The van der Waals surface area contributed by atoms with Crippen molar-refractivity contribution in [1.82, 2.24) is 19.8 Å². The SMILES string of the molecule is CCCN1CCN(CCc2ccc(Nc3ncc4c(n3)-c3ccccc3[C@@H](c3ccc(I)cc3)C4)cc2)CC1. The molecule has 0 radical (unpaired) electrons. The molecule has 0 unspecified atom stereocenters. The maximum Gasteiger partial charge on any atom is 0.227 e. The van der Waals surface area contributed by atoms with E-state index in [2.05, 4.69) is 117 Å². The highest BCUT2D eigenvalue weighted by atomic mass is 127. The van der Waals surface area contributed by atoms with Gasteiger partial charge in [0.25, 0.3) is 0 Å². The Balaban J connectivity index is 1.12. The predicted molar refractivity (Wildman–Crippen MR) is 169 cm³/mol. The van der Waals surface area contributed by atoms with Gasteiger partial charge in [0, 0.05) is 59.7 Å². The zero-order valence-electron chi connectivity index (χ0n) is 22.6. The summed E-state index contributed by atoms with van der Waals surface area (Å²) in [5.41, 5.74) is 8.53. The lowest BCUT2D eigenvalue weighted by Gasteiger charge is -2.34. The third kappa shape index (κ3) is 6.18. The highest BCUT2D eigenvalue weighted by Gasteiger charge is 2.27. The smallest absolute Gasteiger partial charge is 0.227 e. The second kappa shape index (κ2) is 12.1. The van der Waals surface area contributed by atoms with E-state index in [-0.39, 0.29) is 0 Å². The van der Waals surface area contributed by atoms with Crippen LogP contribution in [0, 0.1) is 3.57 Å². The second-order valence-corrected chi connectivity index (χ2v) is 12.0. The summed E-state index contributed by atoms with van der Waals surface area (Å²) in [4.78, 5) is 14.9. The van der Waals surface area contributed by atoms with Crippen molar-refractivity contribution in [3.8, 4) is 11.3 Å². The Morgan fingerprint density at radius 3 is 2.33 bits per heavy atom. The first-order chi connectivity index (χ1) is 19.2. The summed E-state index contributed by atoms with van der Waals surface area (Å²) < 4.78 is 1.26. The molecule has 0 bridgehead atoms. The van der Waals surface area contributed by atoms with Gasteiger partial charge < -0.3 is 15.1 Å². The van der Waals surface area contributed by atoms with Crippen LogP contribution in [-0.2, 0) is 12.8 Å². The number of fused-ring (bicyclic) bond motifs is 3. The van der Waals surface area contributed by atoms with Crippen molar-refractivity contribution < 1.29 is 0 Å². The lowest BCUT2D eigenvalue weighted by atomic mass is 9.78. The van der Waals surface area contributed by atoms with Crippen molar-refractivity contribution in [2.75, 3.05) is 44.6 Å². The number of hydrogen-bond donors (Lipinski definition) is 1. The molecule has 39 heavy (non-hydrogen) atoms. The lowest BCUT2D eigenvalue weighted by molar-refractivity contribution is 0.133. The van der Waals surface area contributed by atoms with Gasteiger partial charge in [-0.3, -0.25) is 0 Å². The molecule has 1 aliphatic heterocycles. The lowest BCUT2D eigenvalue weighted by Crippen LogP contribution is -2.46. The molecule has 0 saturated carbocycles. The van der Waals surface area contributed by atoms with E-state index in [9.17, 15) is 0 Å². The first-order valence-corrected chi connectivity index (χ1v) is 15.3. The molecule has 2 aliphatic rings. The van der Waals surface area contributed by atoms with Crippen molar-refractivity contribution in [3.63, 3.8) is 0 Å². The van der Waals surface area contributed by atoms with Gasteiger partial charge in [-0.2, -0.15) is 0 Å². The van der Waals surface area contributed by atoms with Gasteiger partial charge in [0.1, 0.15) is 0 Å². The molecule has 6 heteroatoms. The second-order valence-electron chi connectivity index (χ2n) is 10.7. The summed E-state index contributed by atoms with van der Waals surface area (Å²) in [6, 6.07) is 26.3. The third-order valence-corrected chi connectivity index (χ3v) is 8.80. The van der Waals surface area contributed by atoms with Gasteiger partial charge in [0.15, 0.2) is 0 Å². The van der Waals surface area contributed by atoms with Crippen LogP contribution in [0.25, 0.3) is 11.3 Å². The minimum absolute atomic E-state index is 0.320. The van der Waals surface area contributed by atoms with Crippen LogP contribution in [0.4, 0.5) is 11.6 Å². The number of halogens is 1. The van der Waals surface area contributed by atoms with Crippen molar-refractivity contribution in [1.29, 1.82) is 0 Å². The molecule has 1 atom stereocenters. The van der Waals surface area contributed by atoms with Crippen LogP contribution in [0.2, 0.25) is 0 Å². The summed E-state index contributed by atoms with van der Waals surface area (Å²) in [7, 11) is 0. The third-order valence-electron chi connectivity index (χ3n) is 8.08. The number of benzene rings is 3. The highest BCUT2D eigenvalue weighted by molar-refractivity contribution is 14.1. The number of rotatable bonds is 8. The highest BCUT2D eigenvalue weighted by Crippen LogP contribution is 2.42. The topological polar surface area (TPSA) is 44.3 Å². The molecule has 6 rings (SSSR count). The summed E-state index contributed by atoms with van der Waals surface area (Å²) in [5.74, 6) is 0.967. The van der Waals surface area contributed by atoms with Gasteiger partial charge in [-0.05, 0) is 94.9 Å². The van der Waals surface area contributed by atoms with Crippen molar-refractivity contribution in [2.45, 2.75) is 32.1 Å². The number of aromatic nitrogens is 2. The van der Waals surface area contributed by atoms with Crippen LogP contribution in [0.3, 0.4) is 0 Å². The van der Waals surface area contributed by atoms with Crippen LogP contribution in [-0.4, -0.2) is 59.0 Å². The fourth-order valence-electron chi connectivity index (χ4n) is 5.91. The minimum atomic E-state index is 0.320. The van der Waals surface area contributed by atoms with E-state index in [0.29, 0.717) is 11.9 Å². The Bertz CT molecular complexity index is 1390. The van der Waals surface area contributed by atoms with E-state index in [1.807, 2.05) is 6.20 Å². The van der Waals surface area contributed by atoms with Crippen LogP contribution in [0.5, 0.6) is 0 Å². The molecule has 5 nitrogen and oxygen atoms in total. The summed E-state index contributed by atoms with van der Waals surface area (Å²) >= 11 is 2.37. The van der Waals surface area contributed by atoms with Gasteiger partial charge >= 0.3 is 0 Å². The number of nitrogens with one attached hydrogen (secondary N) is 1. The molecule has 2 heterocycles. The molecule has 0 spiro atoms. The van der Waals surface area contributed by atoms with Crippen molar-refractivity contribution >= 4 is 34.2 Å². The zero-order chi connectivity index (χ0) is 26.6. The van der Waals surface area contributed by atoms with Crippen molar-refractivity contribution in [2.24, 2.45) is 0 Å². The average Bonchev–Trinajstić information content (AvgIpc) is 2.98. The predicted octanol–water partition coefficient (Wildman–Crippen LogP) is 6.75. The fourth-order valence-corrected chi connectivity index (χ4v) is 6.27. The molecule has 1 N–H and O–H groups in total. The maximum atomic E-state index is 5.00. The van der Waals surface area contributed by atoms with Gasteiger partial charge in [-0.15, -0.1) is 0 Å². The largest absolute Gasteiger partial charge is 0.324 e. The molecule has 4 aromatic rings. The number of nitrogens with zero attached hydrogens (tertiary/aromatic N) is 4. The molecule has 200 valence electrons. The molecule has 1 aliphatic carbocycles. The number of hydrogen-bond acceptors (Lipinski definition) is 5. The molecular formula is C33H36IN5. The van der Waals surface area contributed by atoms with Gasteiger partial charge in [-0.1, -0.05) is 55.5 Å². The summed E-state index contributed by atoms with van der Waals surface area (Å²) in [6.07, 6.45) is 5.25. The van der Waals surface area contributed by atoms with Crippen LogP contribution >= 0.6 is 22.6 Å². The Kier molecular flexibility index (Phi) is 8.23. The Morgan fingerprint density at radius 2 is 1.59 bits per heavy atom. The Morgan fingerprint density at radius 1 is 0.872 bits per heavy atom. The maximum absolute atomic E-state index is 5.00. The van der Waals surface area contributed by atoms with E-state index in [1.54, 1.807) is 0 Å². The van der Waals surface area contributed by atoms with E-state index in [0.717, 1.165) is 30.8 Å². The summed E-state index contributed by atoms with van der Waals surface area (Å²) in [5, 5.41) is 3.44. The van der Waals surface area contributed by atoms with E-state index < -0.39 is 0 Å². The minimum Gasteiger partial charge on any atom is -0.324 e. The van der Waals surface area contributed by atoms with Crippen LogP contribution in [0.15, 0.2) is 79.0 Å². The molecule has 1 saturated heterocycles. The average molecular weight is 630 g/mol. The fraction of sp³-hybridized carbons (Fsp3) is 0.333. The molecular weight excluding hydrogens is 593 g/mol. The van der Waals surface area contributed by atoms with Gasteiger partial charge in [0.05, 0.1) is 5.69 Å². The molecule has 1 aromatic heterocycles. The first-order valence-electron chi connectivity index (χ1n) is 14.2. The van der Waals surface area contributed by atoms with Crippen LogP contribution in [0.1, 0.15) is 41.5 Å². The first kappa shape index (κ1) is 26.4. The van der Waals surface area contributed by atoms with E-state index in [1.165, 1.54) is 70.5 Å². The molecule has 1 fully saturated rings. The number of anilines is 2.